The molecule has 1 aliphatic heterocycles. The van der Waals surface area contributed by atoms with Gasteiger partial charge in [0.2, 0.25) is 11.8 Å². The van der Waals surface area contributed by atoms with Crippen LogP contribution in [0.25, 0.3) is 0 Å². The molecule has 2 amide bonds. The molecule has 0 spiro atoms. The van der Waals surface area contributed by atoms with Gasteiger partial charge in [-0.1, -0.05) is 25.1 Å². The summed E-state index contributed by atoms with van der Waals surface area (Å²) in [6.07, 6.45) is 4.60. The molecule has 1 aromatic rings. The number of aryl methyl sites for hydroxylation is 2. The summed E-state index contributed by atoms with van der Waals surface area (Å²) in [4.78, 5) is 26.0. The summed E-state index contributed by atoms with van der Waals surface area (Å²) in [5, 5.41) is 2.81. The minimum absolute atomic E-state index is 0.0216. The van der Waals surface area contributed by atoms with E-state index in [0.717, 1.165) is 6.42 Å². The highest BCUT2D eigenvalue weighted by Gasteiger charge is 2.28. The van der Waals surface area contributed by atoms with E-state index in [9.17, 15) is 9.59 Å². The van der Waals surface area contributed by atoms with Gasteiger partial charge in [0, 0.05) is 19.5 Å². The van der Waals surface area contributed by atoms with Gasteiger partial charge >= 0.3 is 0 Å². The van der Waals surface area contributed by atoms with Crippen LogP contribution in [0.1, 0.15) is 42.9 Å². The van der Waals surface area contributed by atoms with Gasteiger partial charge in [-0.2, -0.15) is 0 Å². The molecule has 1 atom stereocenters. The standard InChI is InChI=1S/C17H22N2O2/c1-2-15-17(21)19(9-8-16(20)18-15)11-12-6-7-13-4-3-5-14(13)10-12/h6-7,10,15H,2-5,8-9,11H2,1H3,(H,18,20). The Morgan fingerprint density at radius 2 is 2.00 bits per heavy atom. The number of hydrogen-bond acceptors (Lipinski definition) is 2. The molecule has 0 radical (unpaired) electrons. The normalized spacial score (nSPS) is 22.0. The molecule has 4 heteroatoms. The number of rotatable bonds is 3. The van der Waals surface area contributed by atoms with Crippen molar-refractivity contribution in [2.75, 3.05) is 6.54 Å². The van der Waals surface area contributed by atoms with Crippen molar-refractivity contribution < 1.29 is 9.59 Å². The average molecular weight is 286 g/mol. The van der Waals surface area contributed by atoms with Crippen molar-refractivity contribution in [1.82, 2.24) is 10.2 Å². The van der Waals surface area contributed by atoms with Gasteiger partial charge in [-0.25, -0.2) is 0 Å². The average Bonchev–Trinajstić information content (AvgIpc) is 2.90. The van der Waals surface area contributed by atoms with Gasteiger partial charge in [0.15, 0.2) is 0 Å². The van der Waals surface area contributed by atoms with Crippen molar-refractivity contribution in [2.24, 2.45) is 0 Å². The van der Waals surface area contributed by atoms with E-state index < -0.39 is 0 Å². The SMILES string of the molecule is CCC1NC(=O)CCN(Cc2ccc3c(c2)CCC3)C1=O. The maximum atomic E-state index is 12.5. The molecular weight excluding hydrogens is 264 g/mol. The number of nitrogens with one attached hydrogen (secondary N) is 1. The van der Waals surface area contributed by atoms with Gasteiger partial charge < -0.3 is 10.2 Å². The molecule has 1 saturated heterocycles. The molecule has 2 aliphatic rings. The van der Waals surface area contributed by atoms with Crippen molar-refractivity contribution in [2.45, 2.75) is 51.6 Å². The van der Waals surface area contributed by atoms with Crippen LogP contribution in [0.4, 0.5) is 0 Å². The first-order valence-corrected chi connectivity index (χ1v) is 7.86. The molecule has 1 aromatic carbocycles. The molecule has 1 fully saturated rings. The second kappa shape index (κ2) is 5.88. The highest BCUT2D eigenvalue weighted by Crippen LogP contribution is 2.23. The monoisotopic (exact) mass is 286 g/mol. The molecule has 0 saturated carbocycles. The number of fused-ring (bicyclic) bond motifs is 1. The minimum Gasteiger partial charge on any atom is -0.344 e. The Morgan fingerprint density at radius 3 is 2.81 bits per heavy atom. The van der Waals surface area contributed by atoms with E-state index in [2.05, 4.69) is 23.5 Å². The van der Waals surface area contributed by atoms with Crippen molar-refractivity contribution in [3.05, 3.63) is 34.9 Å². The van der Waals surface area contributed by atoms with E-state index in [1.54, 1.807) is 0 Å². The summed E-state index contributed by atoms with van der Waals surface area (Å²) in [5.74, 6) is 0.0236. The van der Waals surface area contributed by atoms with Gasteiger partial charge in [0.1, 0.15) is 6.04 Å². The van der Waals surface area contributed by atoms with E-state index in [1.807, 2.05) is 11.8 Å². The van der Waals surface area contributed by atoms with Crippen molar-refractivity contribution in [3.63, 3.8) is 0 Å². The summed E-state index contributed by atoms with van der Waals surface area (Å²) in [5.41, 5.74) is 4.05. The molecule has 1 N–H and O–H groups in total. The number of hydrogen-bond donors (Lipinski definition) is 1. The largest absolute Gasteiger partial charge is 0.344 e. The quantitative estimate of drug-likeness (QED) is 0.921. The molecule has 1 unspecified atom stereocenters. The molecular formula is C17H22N2O2. The summed E-state index contributed by atoms with van der Waals surface area (Å²) in [6, 6.07) is 6.19. The van der Waals surface area contributed by atoms with E-state index in [0.29, 0.717) is 25.9 Å². The third-order valence-electron chi connectivity index (χ3n) is 4.50. The maximum Gasteiger partial charge on any atom is 0.245 e. The Bertz CT molecular complexity index is 568. The van der Waals surface area contributed by atoms with Crippen LogP contribution >= 0.6 is 0 Å². The molecule has 0 aromatic heterocycles. The van der Waals surface area contributed by atoms with Crippen molar-refractivity contribution in [3.8, 4) is 0 Å². The zero-order valence-electron chi connectivity index (χ0n) is 12.5. The highest BCUT2D eigenvalue weighted by molar-refractivity contribution is 5.89. The highest BCUT2D eigenvalue weighted by atomic mass is 16.2. The van der Waals surface area contributed by atoms with Gasteiger partial charge in [-0.05, 0) is 42.4 Å². The van der Waals surface area contributed by atoms with Crippen LogP contribution in [0.5, 0.6) is 0 Å². The van der Waals surface area contributed by atoms with Crippen LogP contribution in [-0.4, -0.2) is 29.3 Å². The predicted octanol–water partition coefficient (Wildman–Crippen LogP) is 1.80. The fraction of sp³-hybridized carbons (Fsp3) is 0.529. The first-order valence-electron chi connectivity index (χ1n) is 7.86. The van der Waals surface area contributed by atoms with E-state index >= 15 is 0 Å². The summed E-state index contributed by atoms with van der Waals surface area (Å²) < 4.78 is 0. The number of nitrogens with zero attached hydrogens (tertiary/aromatic N) is 1. The van der Waals surface area contributed by atoms with Crippen LogP contribution in [0.2, 0.25) is 0 Å². The Labute approximate surface area is 125 Å². The summed E-state index contributed by atoms with van der Waals surface area (Å²) in [6.45, 7) is 3.05. The lowest BCUT2D eigenvalue weighted by molar-refractivity contribution is -0.134. The van der Waals surface area contributed by atoms with Gasteiger partial charge in [0.05, 0.1) is 0 Å². The Hall–Kier alpha value is -1.84. The molecule has 1 aliphatic carbocycles. The fourth-order valence-electron chi connectivity index (χ4n) is 3.27. The van der Waals surface area contributed by atoms with Crippen LogP contribution in [0, 0.1) is 0 Å². The van der Waals surface area contributed by atoms with Crippen LogP contribution in [-0.2, 0) is 29.0 Å². The molecule has 1 heterocycles. The zero-order chi connectivity index (χ0) is 14.8. The number of carbonyl (C=O) groups excluding carboxylic acids is 2. The minimum atomic E-state index is -0.366. The first kappa shape index (κ1) is 14.1. The zero-order valence-corrected chi connectivity index (χ0v) is 12.5. The third kappa shape index (κ3) is 2.94. The van der Waals surface area contributed by atoms with Crippen LogP contribution in [0.3, 0.4) is 0 Å². The van der Waals surface area contributed by atoms with Crippen LogP contribution < -0.4 is 5.32 Å². The number of benzene rings is 1. The number of amides is 2. The topological polar surface area (TPSA) is 49.4 Å². The Kier molecular flexibility index (Phi) is 3.95. The molecule has 21 heavy (non-hydrogen) atoms. The second-order valence-corrected chi connectivity index (χ2v) is 5.99. The van der Waals surface area contributed by atoms with Gasteiger partial charge in [-0.15, -0.1) is 0 Å². The van der Waals surface area contributed by atoms with Crippen LogP contribution in [0.15, 0.2) is 18.2 Å². The molecule has 112 valence electrons. The van der Waals surface area contributed by atoms with E-state index in [1.165, 1.54) is 29.5 Å². The van der Waals surface area contributed by atoms with Crippen molar-refractivity contribution in [1.29, 1.82) is 0 Å². The lowest BCUT2D eigenvalue weighted by Crippen LogP contribution is -2.43. The Balaban J connectivity index is 1.76. The summed E-state index contributed by atoms with van der Waals surface area (Å²) in [7, 11) is 0. The third-order valence-corrected chi connectivity index (χ3v) is 4.50. The number of carbonyl (C=O) groups is 2. The molecule has 4 nitrogen and oxygen atoms in total. The maximum absolute atomic E-state index is 12.5. The summed E-state index contributed by atoms with van der Waals surface area (Å²) >= 11 is 0. The van der Waals surface area contributed by atoms with E-state index in [4.69, 9.17) is 0 Å². The second-order valence-electron chi connectivity index (χ2n) is 5.99. The first-order chi connectivity index (χ1) is 10.2. The van der Waals surface area contributed by atoms with Gasteiger partial charge in [-0.3, -0.25) is 9.59 Å². The lowest BCUT2D eigenvalue weighted by atomic mass is 10.1. The Morgan fingerprint density at radius 1 is 1.19 bits per heavy atom. The van der Waals surface area contributed by atoms with Gasteiger partial charge in [0.25, 0.3) is 0 Å². The smallest absolute Gasteiger partial charge is 0.245 e. The fourth-order valence-corrected chi connectivity index (χ4v) is 3.27. The van der Waals surface area contributed by atoms with Crippen molar-refractivity contribution >= 4 is 11.8 Å². The van der Waals surface area contributed by atoms with E-state index in [-0.39, 0.29) is 17.9 Å². The predicted molar refractivity (Wildman–Crippen MR) is 80.7 cm³/mol. The molecule has 0 bridgehead atoms. The molecule has 3 rings (SSSR count). The lowest BCUT2D eigenvalue weighted by Gasteiger charge is -2.23.